The highest BCUT2D eigenvalue weighted by Crippen LogP contribution is 2.30. The van der Waals surface area contributed by atoms with Crippen LogP contribution in [-0.4, -0.2) is 4.98 Å². The lowest BCUT2D eigenvalue weighted by Gasteiger charge is -2.09. The van der Waals surface area contributed by atoms with E-state index in [1.807, 2.05) is 6.92 Å². The molecule has 0 N–H and O–H groups in total. The number of hydrogen-bond donors (Lipinski definition) is 0. The molecular formula is C13H10Cl2FNO. The minimum atomic E-state index is -0.371. The molecule has 1 aromatic carbocycles. The van der Waals surface area contributed by atoms with Crippen molar-refractivity contribution in [2.45, 2.75) is 12.8 Å². The lowest BCUT2D eigenvalue weighted by Crippen LogP contribution is -1.93. The highest BCUT2D eigenvalue weighted by Gasteiger charge is 2.08. The fourth-order valence-electron chi connectivity index (χ4n) is 1.40. The predicted octanol–water partition coefficient (Wildman–Crippen LogP) is 4.71. The molecule has 0 saturated heterocycles. The van der Waals surface area contributed by atoms with Gasteiger partial charge in [0.15, 0.2) is 0 Å². The van der Waals surface area contributed by atoms with Crippen LogP contribution in [0.2, 0.25) is 5.02 Å². The van der Waals surface area contributed by atoms with Gasteiger partial charge in [0.2, 0.25) is 5.88 Å². The molecular weight excluding hydrogens is 276 g/mol. The summed E-state index contributed by atoms with van der Waals surface area (Å²) in [6.07, 6.45) is 1.57. The second-order valence-corrected chi connectivity index (χ2v) is 4.45. The van der Waals surface area contributed by atoms with Crippen LogP contribution in [0.4, 0.5) is 4.39 Å². The van der Waals surface area contributed by atoms with Crippen molar-refractivity contribution in [1.29, 1.82) is 0 Å². The minimum absolute atomic E-state index is 0.235. The first kappa shape index (κ1) is 13.1. The maximum atomic E-state index is 13.1. The van der Waals surface area contributed by atoms with E-state index in [-0.39, 0.29) is 11.7 Å². The summed E-state index contributed by atoms with van der Waals surface area (Å²) in [6.45, 7) is 1.82. The van der Waals surface area contributed by atoms with Crippen molar-refractivity contribution in [2.75, 3.05) is 0 Å². The van der Waals surface area contributed by atoms with Crippen LogP contribution >= 0.6 is 23.2 Å². The molecule has 2 nitrogen and oxygen atoms in total. The normalized spacial score (nSPS) is 10.4. The van der Waals surface area contributed by atoms with Crippen molar-refractivity contribution < 1.29 is 9.13 Å². The third-order valence-corrected chi connectivity index (χ3v) is 2.95. The number of halogens is 3. The van der Waals surface area contributed by atoms with E-state index in [0.717, 1.165) is 11.1 Å². The van der Waals surface area contributed by atoms with E-state index in [1.54, 1.807) is 18.3 Å². The summed E-state index contributed by atoms with van der Waals surface area (Å²) >= 11 is 11.7. The van der Waals surface area contributed by atoms with E-state index in [1.165, 1.54) is 12.1 Å². The second-order valence-electron chi connectivity index (χ2n) is 3.78. The number of aromatic nitrogens is 1. The first-order chi connectivity index (χ1) is 8.60. The average Bonchev–Trinajstić information content (AvgIpc) is 2.36. The largest absolute Gasteiger partial charge is 0.437 e. The maximum Gasteiger partial charge on any atom is 0.238 e. The smallest absolute Gasteiger partial charge is 0.238 e. The molecule has 1 heterocycles. The van der Waals surface area contributed by atoms with Crippen molar-refractivity contribution in [3.05, 3.63) is 52.4 Å². The number of ether oxygens (including phenoxy) is 1. The first-order valence-corrected chi connectivity index (χ1v) is 6.16. The van der Waals surface area contributed by atoms with E-state index in [9.17, 15) is 4.39 Å². The summed E-state index contributed by atoms with van der Waals surface area (Å²) in [7, 11) is 0. The molecule has 0 spiro atoms. The molecule has 0 aliphatic heterocycles. The van der Waals surface area contributed by atoms with Crippen molar-refractivity contribution in [2.24, 2.45) is 0 Å². The zero-order valence-electron chi connectivity index (χ0n) is 9.58. The number of hydrogen-bond acceptors (Lipinski definition) is 2. The molecule has 94 valence electrons. The van der Waals surface area contributed by atoms with Gasteiger partial charge in [-0.3, -0.25) is 0 Å². The van der Waals surface area contributed by atoms with Crippen LogP contribution in [-0.2, 0) is 5.88 Å². The van der Waals surface area contributed by atoms with Crippen LogP contribution in [0.5, 0.6) is 11.6 Å². The Morgan fingerprint density at radius 1 is 1.33 bits per heavy atom. The Morgan fingerprint density at radius 3 is 2.78 bits per heavy atom. The molecule has 0 aliphatic rings. The molecule has 0 atom stereocenters. The third kappa shape index (κ3) is 2.92. The molecule has 0 amide bonds. The first-order valence-electron chi connectivity index (χ1n) is 5.24. The van der Waals surface area contributed by atoms with Crippen molar-refractivity contribution in [1.82, 2.24) is 4.98 Å². The molecule has 1 aromatic heterocycles. The van der Waals surface area contributed by atoms with Gasteiger partial charge < -0.3 is 4.74 Å². The monoisotopic (exact) mass is 285 g/mol. The van der Waals surface area contributed by atoms with E-state index in [4.69, 9.17) is 27.9 Å². The Bertz CT molecular complexity index is 575. The number of aryl methyl sites for hydroxylation is 1. The molecule has 2 rings (SSSR count). The van der Waals surface area contributed by atoms with Crippen LogP contribution in [0.3, 0.4) is 0 Å². The van der Waals surface area contributed by atoms with Gasteiger partial charge in [0.1, 0.15) is 16.6 Å². The standard InChI is InChI=1S/C13H10Cl2FNO/c1-8-2-3-10(16)5-12(8)18-13-11(15)4-9(6-14)7-17-13/h2-5,7H,6H2,1H3. The zero-order chi connectivity index (χ0) is 13.1. The summed E-state index contributed by atoms with van der Waals surface area (Å²) in [4.78, 5) is 4.05. The van der Waals surface area contributed by atoms with Gasteiger partial charge in [0.25, 0.3) is 0 Å². The van der Waals surface area contributed by atoms with E-state index >= 15 is 0 Å². The Hall–Kier alpha value is -1.32. The van der Waals surface area contributed by atoms with Crippen molar-refractivity contribution in [3.63, 3.8) is 0 Å². The van der Waals surface area contributed by atoms with Gasteiger partial charge in [0.05, 0.1) is 0 Å². The minimum Gasteiger partial charge on any atom is -0.437 e. The van der Waals surface area contributed by atoms with Gasteiger partial charge in [-0.1, -0.05) is 17.7 Å². The molecule has 2 aromatic rings. The van der Waals surface area contributed by atoms with Gasteiger partial charge >= 0.3 is 0 Å². The van der Waals surface area contributed by atoms with E-state index in [0.29, 0.717) is 16.7 Å². The summed E-state index contributed by atoms with van der Waals surface area (Å²) in [5, 5.41) is 0.344. The number of alkyl halides is 1. The topological polar surface area (TPSA) is 22.1 Å². The third-order valence-electron chi connectivity index (χ3n) is 2.38. The Labute approximate surface area is 114 Å². The number of rotatable bonds is 3. The molecule has 0 aliphatic carbocycles. The Balaban J connectivity index is 2.31. The summed E-state index contributed by atoms with van der Waals surface area (Å²) in [5.41, 5.74) is 1.60. The number of pyridine rings is 1. The van der Waals surface area contributed by atoms with Gasteiger partial charge in [-0.25, -0.2) is 9.37 Å². The fourth-order valence-corrected chi connectivity index (χ4v) is 1.77. The van der Waals surface area contributed by atoms with Gasteiger partial charge in [-0.05, 0) is 30.2 Å². The van der Waals surface area contributed by atoms with Gasteiger partial charge in [-0.2, -0.15) is 0 Å². The molecule has 5 heteroatoms. The zero-order valence-corrected chi connectivity index (χ0v) is 11.1. The van der Waals surface area contributed by atoms with Crippen LogP contribution < -0.4 is 4.74 Å². The quantitative estimate of drug-likeness (QED) is 0.762. The second kappa shape index (κ2) is 5.55. The lowest BCUT2D eigenvalue weighted by molar-refractivity contribution is 0.454. The molecule has 0 unspecified atom stereocenters. The van der Waals surface area contributed by atoms with Crippen LogP contribution in [0, 0.1) is 12.7 Å². The predicted molar refractivity (Wildman–Crippen MR) is 70.0 cm³/mol. The fraction of sp³-hybridized carbons (Fsp3) is 0.154. The maximum absolute atomic E-state index is 13.1. The van der Waals surface area contributed by atoms with E-state index in [2.05, 4.69) is 4.98 Å². The van der Waals surface area contributed by atoms with Crippen LogP contribution in [0.25, 0.3) is 0 Å². The lowest BCUT2D eigenvalue weighted by atomic mass is 10.2. The summed E-state index contributed by atoms with van der Waals surface area (Å²) < 4.78 is 18.6. The number of benzene rings is 1. The molecule has 0 saturated carbocycles. The van der Waals surface area contributed by atoms with Crippen LogP contribution in [0.15, 0.2) is 30.5 Å². The van der Waals surface area contributed by atoms with Gasteiger partial charge in [-0.15, -0.1) is 11.6 Å². The highest BCUT2D eigenvalue weighted by molar-refractivity contribution is 6.32. The Kier molecular flexibility index (Phi) is 4.04. The highest BCUT2D eigenvalue weighted by atomic mass is 35.5. The molecule has 0 fully saturated rings. The van der Waals surface area contributed by atoms with Crippen molar-refractivity contribution in [3.8, 4) is 11.6 Å². The van der Waals surface area contributed by atoms with Crippen LogP contribution in [0.1, 0.15) is 11.1 Å². The average molecular weight is 286 g/mol. The SMILES string of the molecule is Cc1ccc(F)cc1Oc1ncc(CCl)cc1Cl. The van der Waals surface area contributed by atoms with E-state index < -0.39 is 0 Å². The number of nitrogens with zero attached hydrogens (tertiary/aromatic N) is 1. The van der Waals surface area contributed by atoms with Crippen molar-refractivity contribution >= 4 is 23.2 Å². The Morgan fingerprint density at radius 2 is 2.11 bits per heavy atom. The molecule has 0 bridgehead atoms. The molecule has 0 radical (unpaired) electrons. The summed E-state index contributed by atoms with van der Waals surface area (Å²) in [5.74, 6) is 0.581. The molecule has 18 heavy (non-hydrogen) atoms. The summed E-state index contributed by atoms with van der Waals surface area (Å²) in [6, 6.07) is 5.97. The van der Waals surface area contributed by atoms with Gasteiger partial charge in [0, 0.05) is 18.1 Å².